The second-order valence-corrected chi connectivity index (χ2v) is 17.3. The number of carbonyl (C=O) groups is 2. The molecular weight excluding hydrogens is 744 g/mol. The van der Waals surface area contributed by atoms with Crippen molar-refractivity contribution in [3.8, 4) is 11.1 Å². The molecule has 2 saturated heterocycles. The van der Waals surface area contributed by atoms with E-state index in [1.807, 2.05) is 54.9 Å². The van der Waals surface area contributed by atoms with Gasteiger partial charge < -0.3 is 34.3 Å². The highest BCUT2D eigenvalue weighted by Crippen LogP contribution is 2.44. The second-order valence-electron chi connectivity index (χ2n) is 16.9. The van der Waals surface area contributed by atoms with Crippen LogP contribution in [0.4, 0.5) is 11.4 Å². The Morgan fingerprint density at radius 1 is 0.860 bits per heavy atom. The molecule has 0 spiro atoms. The maximum absolute atomic E-state index is 13.7. The third-order valence-corrected chi connectivity index (χ3v) is 13.9. The Bertz CT molecular complexity index is 2200. The van der Waals surface area contributed by atoms with Gasteiger partial charge in [-0.2, -0.15) is 0 Å². The van der Waals surface area contributed by atoms with Crippen molar-refractivity contribution < 1.29 is 24.2 Å². The Labute approximate surface area is 338 Å². The predicted octanol–water partition coefficient (Wildman–Crippen LogP) is 6.47. The molecule has 5 aliphatic rings. The zero-order valence-corrected chi connectivity index (χ0v) is 34.1. The molecule has 0 radical (unpaired) electrons. The SMILES string of the molecule is Cc1c(NC2OC2c2nc3c(n2C)CCN(C2CCC(C)(C(=O)O)CC2)C3)cccc1-c1cccc(NC(=O)c2nc3c(n2C)CCN(C2CCOCC2)C3)c1Cl. The van der Waals surface area contributed by atoms with Gasteiger partial charge in [0.05, 0.1) is 27.5 Å². The van der Waals surface area contributed by atoms with E-state index in [4.69, 9.17) is 31.0 Å². The minimum absolute atomic E-state index is 0.174. The molecule has 0 bridgehead atoms. The summed E-state index contributed by atoms with van der Waals surface area (Å²) in [5.41, 5.74) is 8.09. The molecule has 57 heavy (non-hydrogen) atoms. The Hall–Kier alpha value is -4.27. The summed E-state index contributed by atoms with van der Waals surface area (Å²) in [5.74, 6) is 0.347. The number of amides is 1. The third-order valence-electron chi connectivity index (χ3n) is 13.5. The standard InChI is InChI=1S/C43H53ClN8O5/c1-25-28(29-8-6-10-31(36(29)44)47-40(53)39-46-33-24-52(20-14-35(33)50(39)4)27-15-21-56-22-16-27)7-5-9-30(25)48-41-37(57-41)38-45-32-23-51(19-13-34(32)49(38)3)26-11-17-43(2,18-12-26)42(54)55/h5-10,26-27,37,41,48H,11-24H2,1-4H3,(H,47,53)(H,54,55). The number of benzene rings is 2. The largest absolute Gasteiger partial charge is 0.481 e. The van der Waals surface area contributed by atoms with Crippen molar-refractivity contribution in [1.29, 1.82) is 0 Å². The minimum Gasteiger partial charge on any atom is -0.481 e. The summed E-state index contributed by atoms with van der Waals surface area (Å²) in [4.78, 5) is 40.4. The number of rotatable bonds is 9. The summed E-state index contributed by atoms with van der Waals surface area (Å²) >= 11 is 7.08. The third kappa shape index (κ3) is 7.15. The lowest BCUT2D eigenvalue weighted by atomic mass is 9.73. The molecule has 1 aliphatic carbocycles. The number of carbonyl (C=O) groups excluding carboxylic acids is 1. The van der Waals surface area contributed by atoms with Crippen LogP contribution < -0.4 is 10.6 Å². The first kappa shape index (κ1) is 38.3. The van der Waals surface area contributed by atoms with Crippen LogP contribution in [-0.2, 0) is 54.3 Å². The molecule has 1 saturated carbocycles. The number of nitrogens with one attached hydrogen (secondary N) is 2. The average molecular weight is 797 g/mol. The van der Waals surface area contributed by atoms with Gasteiger partial charge in [0, 0.05) is 101 Å². The van der Waals surface area contributed by atoms with Crippen LogP contribution in [0.15, 0.2) is 36.4 Å². The molecule has 3 fully saturated rings. The molecule has 9 rings (SSSR count). The number of carboxylic acid groups (broad SMARTS) is 1. The van der Waals surface area contributed by atoms with Crippen molar-refractivity contribution in [3.63, 3.8) is 0 Å². The highest BCUT2D eigenvalue weighted by atomic mass is 35.5. The number of hydrogen-bond acceptors (Lipinski definition) is 9. The van der Waals surface area contributed by atoms with Gasteiger partial charge in [-0.1, -0.05) is 35.9 Å². The number of carboxylic acids is 1. The fourth-order valence-electron chi connectivity index (χ4n) is 9.74. The van der Waals surface area contributed by atoms with E-state index in [2.05, 4.69) is 39.0 Å². The summed E-state index contributed by atoms with van der Waals surface area (Å²) in [5, 5.41) is 16.8. The Morgan fingerprint density at radius 3 is 2.16 bits per heavy atom. The van der Waals surface area contributed by atoms with Gasteiger partial charge in [0.15, 0.2) is 18.2 Å². The van der Waals surface area contributed by atoms with E-state index in [0.717, 1.165) is 123 Å². The molecule has 2 atom stereocenters. The van der Waals surface area contributed by atoms with E-state index in [9.17, 15) is 14.7 Å². The molecule has 6 heterocycles. The summed E-state index contributed by atoms with van der Waals surface area (Å²) in [6.07, 6.45) is 6.68. The van der Waals surface area contributed by atoms with E-state index in [-0.39, 0.29) is 18.2 Å². The lowest BCUT2D eigenvalue weighted by Crippen LogP contribution is -2.44. The molecular formula is C43H53ClN8O5. The number of aliphatic carboxylic acids is 1. The van der Waals surface area contributed by atoms with Crippen molar-refractivity contribution in [2.45, 2.75) is 103 Å². The van der Waals surface area contributed by atoms with Crippen LogP contribution >= 0.6 is 11.6 Å². The van der Waals surface area contributed by atoms with Gasteiger partial charge in [0.1, 0.15) is 5.82 Å². The van der Waals surface area contributed by atoms with Gasteiger partial charge in [0.25, 0.3) is 5.91 Å². The smallest absolute Gasteiger partial charge is 0.309 e. The van der Waals surface area contributed by atoms with Gasteiger partial charge in [-0.3, -0.25) is 19.4 Å². The van der Waals surface area contributed by atoms with E-state index in [0.29, 0.717) is 41.5 Å². The van der Waals surface area contributed by atoms with E-state index >= 15 is 0 Å². The summed E-state index contributed by atoms with van der Waals surface area (Å²) < 4.78 is 15.9. The summed E-state index contributed by atoms with van der Waals surface area (Å²) in [6.45, 7) is 8.98. The van der Waals surface area contributed by atoms with Gasteiger partial charge in [-0.15, -0.1) is 0 Å². The normalized spacial score (nSPS) is 25.5. The number of ether oxygens (including phenoxy) is 2. The zero-order chi connectivity index (χ0) is 39.6. The number of hydrogen-bond donors (Lipinski definition) is 3. The summed E-state index contributed by atoms with van der Waals surface area (Å²) in [6, 6.07) is 12.7. The highest BCUT2D eigenvalue weighted by molar-refractivity contribution is 6.36. The number of halogens is 1. The van der Waals surface area contributed by atoms with Gasteiger partial charge in [-0.05, 0) is 75.6 Å². The monoisotopic (exact) mass is 796 g/mol. The molecule has 3 N–H and O–H groups in total. The van der Waals surface area contributed by atoms with Crippen LogP contribution in [0.2, 0.25) is 5.02 Å². The molecule has 4 aromatic rings. The molecule has 2 unspecified atom stereocenters. The number of aromatic nitrogens is 4. The maximum Gasteiger partial charge on any atom is 0.309 e. The lowest BCUT2D eigenvalue weighted by Gasteiger charge is -2.41. The first-order chi connectivity index (χ1) is 27.5. The number of imidazole rings is 2. The predicted molar refractivity (Wildman–Crippen MR) is 217 cm³/mol. The Kier molecular flexibility index (Phi) is 10.2. The van der Waals surface area contributed by atoms with E-state index in [1.165, 1.54) is 5.69 Å². The fraction of sp³-hybridized carbons (Fsp3) is 0.535. The zero-order valence-electron chi connectivity index (χ0n) is 33.3. The molecule has 1 amide bonds. The van der Waals surface area contributed by atoms with Gasteiger partial charge >= 0.3 is 5.97 Å². The van der Waals surface area contributed by atoms with Crippen molar-refractivity contribution in [1.82, 2.24) is 28.9 Å². The summed E-state index contributed by atoms with van der Waals surface area (Å²) in [7, 11) is 4.01. The maximum atomic E-state index is 13.7. The van der Waals surface area contributed by atoms with Crippen molar-refractivity contribution in [2.75, 3.05) is 36.9 Å². The van der Waals surface area contributed by atoms with Crippen LogP contribution in [0, 0.1) is 12.3 Å². The van der Waals surface area contributed by atoms with Crippen LogP contribution in [0.3, 0.4) is 0 Å². The number of nitrogens with zero attached hydrogens (tertiary/aromatic N) is 6. The van der Waals surface area contributed by atoms with E-state index in [1.54, 1.807) is 0 Å². The van der Waals surface area contributed by atoms with Crippen molar-refractivity contribution >= 4 is 34.9 Å². The number of epoxide rings is 1. The number of fused-ring (bicyclic) bond motifs is 2. The van der Waals surface area contributed by atoms with Crippen LogP contribution in [0.25, 0.3) is 11.1 Å². The first-order valence-electron chi connectivity index (χ1n) is 20.5. The van der Waals surface area contributed by atoms with Gasteiger partial charge in [0.2, 0.25) is 0 Å². The average Bonchev–Trinajstić information content (AvgIpc) is 3.79. The fourth-order valence-corrected chi connectivity index (χ4v) is 10.0. The first-order valence-corrected chi connectivity index (χ1v) is 20.9. The lowest BCUT2D eigenvalue weighted by molar-refractivity contribution is -0.150. The minimum atomic E-state index is -0.679. The van der Waals surface area contributed by atoms with Crippen molar-refractivity contribution in [3.05, 3.63) is 81.4 Å². The topological polar surface area (TPSA) is 142 Å². The van der Waals surface area contributed by atoms with Crippen LogP contribution in [0.1, 0.15) is 96.3 Å². The Morgan fingerprint density at radius 2 is 1.47 bits per heavy atom. The number of anilines is 2. The molecule has 4 aliphatic heterocycles. The van der Waals surface area contributed by atoms with Crippen LogP contribution in [-0.4, -0.2) is 90.5 Å². The Balaban J connectivity index is 0.857. The molecule has 302 valence electrons. The molecule has 2 aromatic heterocycles. The molecule has 13 nitrogen and oxygen atoms in total. The quantitative estimate of drug-likeness (QED) is 0.161. The highest BCUT2D eigenvalue weighted by Gasteiger charge is 2.46. The second kappa shape index (κ2) is 15.2. The molecule has 2 aromatic carbocycles. The van der Waals surface area contributed by atoms with Crippen molar-refractivity contribution in [2.24, 2.45) is 19.5 Å². The van der Waals surface area contributed by atoms with Gasteiger partial charge in [-0.25, -0.2) is 9.97 Å². The van der Waals surface area contributed by atoms with Crippen LogP contribution in [0.5, 0.6) is 0 Å². The molecule has 14 heteroatoms. The van der Waals surface area contributed by atoms with E-state index < -0.39 is 11.4 Å².